The van der Waals surface area contributed by atoms with Gasteiger partial charge in [-0.2, -0.15) is 13.2 Å². The molecule has 0 saturated heterocycles. The third-order valence-corrected chi connectivity index (χ3v) is 3.42. The molecule has 0 fully saturated rings. The molecule has 130 valence electrons. The smallest absolute Gasteiger partial charge is 0.268 e. The second kappa shape index (κ2) is 7.85. The molecule has 0 radical (unpaired) electrons. The molecule has 0 atom stereocenters. The average molecular weight is 369 g/mol. The number of nitrogens with one attached hydrogen (secondary N) is 2. The van der Waals surface area contributed by atoms with E-state index in [9.17, 15) is 22.8 Å². The molecule has 2 aromatic carbocycles. The Morgan fingerprint density at radius 1 is 1.00 bits per heavy atom. The van der Waals surface area contributed by atoms with Crippen molar-refractivity contribution < 1.29 is 22.8 Å². The molecule has 0 aliphatic rings. The van der Waals surface area contributed by atoms with Crippen molar-refractivity contribution in [3.8, 4) is 0 Å². The number of hydrogen-bond donors (Lipinski definition) is 2. The van der Waals surface area contributed by atoms with Crippen molar-refractivity contribution in [1.29, 1.82) is 0 Å². The molecule has 8 heteroatoms. The molecule has 0 aliphatic heterocycles. The van der Waals surface area contributed by atoms with Crippen LogP contribution in [-0.4, -0.2) is 11.8 Å². The van der Waals surface area contributed by atoms with Gasteiger partial charge in [-0.15, -0.1) is 0 Å². The molecule has 0 saturated carbocycles. The van der Waals surface area contributed by atoms with Gasteiger partial charge in [0.2, 0.25) is 0 Å². The average Bonchev–Trinajstić information content (AvgIpc) is 2.58. The molecular formula is C17H12ClF3N2O2. The number of amides is 2. The van der Waals surface area contributed by atoms with Gasteiger partial charge in [-0.1, -0.05) is 29.8 Å². The fourth-order valence-corrected chi connectivity index (χ4v) is 2.02. The number of benzene rings is 2. The summed E-state index contributed by atoms with van der Waals surface area (Å²) >= 11 is 5.82. The molecule has 2 N–H and O–H groups in total. The fraction of sp³-hybridized carbons (Fsp3) is 0.0588. The summed E-state index contributed by atoms with van der Waals surface area (Å²) < 4.78 is 38.0. The van der Waals surface area contributed by atoms with E-state index in [0.717, 1.165) is 30.4 Å². The van der Waals surface area contributed by atoms with Gasteiger partial charge in [-0.3, -0.25) is 20.4 Å². The second-order valence-electron chi connectivity index (χ2n) is 4.88. The van der Waals surface area contributed by atoms with Crippen LogP contribution < -0.4 is 10.9 Å². The summed E-state index contributed by atoms with van der Waals surface area (Å²) in [5.41, 5.74) is 3.80. The van der Waals surface area contributed by atoms with Gasteiger partial charge in [-0.25, -0.2) is 0 Å². The van der Waals surface area contributed by atoms with Crippen molar-refractivity contribution in [3.63, 3.8) is 0 Å². The zero-order chi connectivity index (χ0) is 18.4. The molecule has 4 nitrogen and oxygen atoms in total. The van der Waals surface area contributed by atoms with E-state index in [1.807, 2.05) is 0 Å². The molecule has 25 heavy (non-hydrogen) atoms. The van der Waals surface area contributed by atoms with E-state index in [0.29, 0.717) is 5.56 Å². The lowest BCUT2D eigenvalue weighted by Gasteiger charge is -2.08. The van der Waals surface area contributed by atoms with Crippen LogP contribution in [0, 0.1) is 0 Å². The summed E-state index contributed by atoms with van der Waals surface area (Å²) in [6.45, 7) is 0. The Bertz CT molecular complexity index is 805. The Kier molecular flexibility index (Phi) is 5.82. The van der Waals surface area contributed by atoms with Gasteiger partial charge in [-0.05, 0) is 42.0 Å². The van der Waals surface area contributed by atoms with Crippen molar-refractivity contribution in [2.24, 2.45) is 0 Å². The minimum absolute atomic E-state index is 0.0287. The maximum Gasteiger partial charge on any atom is 0.416 e. The standard InChI is InChI=1S/C17H12ClF3N2O2/c18-14-8-7-13(17(19,20)21)10-12(14)6-9-15(24)22-23-16(25)11-4-2-1-3-5-11/h1-10H,(H,22,24)(H,23,25)/b9-6+. The molecule has 2 rings (SSSR count). The topological polar surface area (TPSA) is 58.2 Å². The third-order valence-electron chi connectivity index (χ3n) is 3.07. The van der Waals surface area contributed by atoms with Crippen LogP contribution in [-0.2, 0) is 11.0 Å². The van der Waals surface area contributed by atoms with Gasteiger partial charge in [0, 0.05) is 16.7 Å². The van der Waals surface area contributed by atoms with Crippen molar-refractivity contribution in [3.05, 3.63) is 76.3 Å². The maximum absolute atomic E-state index is 12.7. The number of alkyl halides is 3. The highest BCUT2D eigenvalue weighted by Crippen LogP contribution is 2.32. The van der Waals surface area contributed by atoms with Gasteiger partial charge in [0.1, 0.15) is 0 Å². The van der Waals surface area contributed by atoms with Crippen LogP contribution in [0.3, 0.4) is 0 Å². The summed E-state index contributed by atoms with van der Waals surface area (Å²) in [4.78, 5) is 23.4. The number of rotatable bonds is 3. The second-order valence-corrected chi connectivity index (χ2v) is 5.28. The summed E-state index contributed by atoms with van der Waals surface area (Å²) in [5.74, 6) is -1.25. The molecule has 0 aromatic heterocycles. The van der Waals surface area contributed by atoms with Crippen LogP contribution in [0.5, 0.6) is 0 Å². The highest BCUT2D eigenvalue weighted by molar-refractivity contribution is 6.32. The number of carbonyl (C=O) groups excluding carboxylic acids is 2. The number of carbonyl (C=O) groups is 2. The Hall–Kier alpha value is -2.80. The van der Waals surface area contributed by atoms with E-state index in [1.54, 1.807) is 30.3 Å². The van der Waals surface area contributed by atoms with E-state index in [1.165, 1.54) is 0 Å². The first-order valence-corrected chi connectivity index (χ1v) is 7.35. The van der Waals surface area contributed by atoms with E-state index in [4.69, 9.17) is 11.6 Å². The number of halogens is 4. The zero-order valence-corrected chi connectivity index (χ0v) is 13.4. The van der Waals surface area contributed by atoms with Gasteiger partial charge < -0.3 is 0 Å². The lowest BCUT2D eigenvalue weighted by atomic mass is 10.1. The quantitative estimate of drug-likeness (QED) is 0.639. The Balaban J connectivity index is 2.00. The normalized spacial score (nSPS) is 11.4. The molecule has 0 heterocycles. The molecule has 2 aromatic rings. The predicted octanol–water partition coefficient (Wildman–Crippen LogP) is 3.83. The van der Waals surface area contributed by atoms with Gasteiger partial charge >= 0.3 is 6.18 Å². The predicted molar refractivity (Wildman–Crippen MR) is 87.5 cm³/mol. The molecular weight excluding hydrogens is 357 g/mol. The van der Waals surface area contributed by atoms with Crippen LogP contribution in [0.2, 0.25) is 5.02 Å². The van der Waals surface area contributed by atoms with Crippen molar-refractivity contribution >= 4 is 29.5 Å². The SMILES string of the molecule is O=C(/C=C/c1cc(C(F)(F)F)ccc1Cl)NNC(=O)c1ccccc1. The number of hydrogen-bond acceptors (Lipinski definition) is 2. The van der Waals surface area contributed by atoms with Gasteiger partial charge in [0.25, 0.3) is 11.8 Å². The van der Waals surface area contributed by atoms with E-state index in [2.05, 4.69) is 10.9 Å². The molecule has 0 bridgehead atoms. The minimum atomic E-state index is -4.51. The number of hydrazine groups is 1. The maximum atomic E-state index is 12.7. The van der Waals surface area contributed by atoms with E-state index >= 15 is 0 Å². The summed E-state index contributed by atoms with van der Waals surface area (Å²) in [6, 6.07) is 10.9. The first-order valence-electron chi connectivity index (χ1n) is 6.97. The lowest BCUT2D eigenvalue weighted by molar-refractivity contribution is -0.137. The summed E-state index contributed by atoms with van der Waals surface area (Å²) in [5, 5.41) is 0.0605. The first-order chi connectivity index (χ1) is 11.8. The van der Waals surface area contributed by atoms with Crippen LogP contribution in [0.4, 0.5) is 13.2 Å². The Morgan fingerprint density at radius 3 is 2.32 bits per heavy atom. The summed E-state index contributed by atoms with van der Waals surface area (Å²) in [6.07, 6.45) is -2.42. The zero-order valence-electron chi connectivity index (χ0n) is 12.6. The molecule has 0 unspecified atom stereocenters. The van der Waals surface area contributed by atoms with Gasteiger partial charge in [0.15, 0.2) is 0 Å². The van der Waals surface area contributed by atoms with Gasteiger partial charge in [0.05, 0.1) is 5.56 Å². The lowest BCUT2D eigenvalue weighted by Crippen LogP contribution is -2.40. The van der Waals surface area contributed by atoms with Crippen molar-refractivity contribution in [1.82, 2.24) is 10.9 Å². The Labute approximate surface area is 146 Å². The highest BCUT2D eigenvalue weighted by atomic mass is 35.5. The minimum Gasteiger partial charge on any atom is -0.268 e. The highest BCUT2D eigenvalue weighted by Gasteiger charge is 2.30. The first kappa shape index (κ1) is 18.5. The van der Waals surface area contributed by atoms with Crippen LogP contribution in [0.15, 0.2) is 54.6 Å². The molecule has 0 aliphatic carbocycles. The van der Waals surface area contributed by atoms with E-state index in [-0.39, 0.29) is 10.6 Å². The monoisotopic (exact) mass is 368 g/mol. The third kappa shape index (κ3) is 5.36. The van der Waals surface area contributed by atoms with Crippen LogP contribution in [0.25, 0.3) is 6.08 Å². The van der Waals surface area contributed by atoms with Crippen LogP contribution in [0.1, 0.15) is 21.5 Å². The molecule has 0 spiro atoms. The fourth-order valence-electron chi connectivity index (χ4n) is 1.83. The van der Waals surface area contributed by atoms with Crippen LogP contribution >= 0.6 is 11.6 Å². The summed E-state index contributed by atoms with van der Waals surface area (Å²) in [7, 11) is 0. The van der Waals surface area contributed by atoms with Crippen molar-refractivity contribution in [2.45, 2.75) is 6.18 Å². The van der Waals surface area contributed by atoms with E-state index < -0.39 is 23.6 Å². The van der Waals surface area contributed by atoms with Crippen molar-refractivity contribution in [2.75, 3.05) is 0 Å². The molecule has 2 amide bonds. The Morgan fingerprint density at radius 2 is 1.68 bits per heavy atom. The largest absolute Gasteiger partial charge is 0.416 e.